The van der Waals surface area contributed by atoms with Crippen LogP contribution in [-0.2, 0) is 11.2 Å². The molecule has 0 aliphatic rings. The molecule has 0 saturated carbocycles. The Kier molecular flexibility index (Phi) is 5.21. The van der Waals surface area contributed by atoms with Gasteiger partial charge in [-0.1, -0.05) is 30.3 Å². The number of rotatable bonds is 6. The third kappa shape index (κ3) is 4.24. The molecule has 2 aromatic carbocycles. The van der Waals surface area contributed by atoms with Crippen LogP contribution in [0.25, 0.3) is 0 Å². The molecule has 0 radical (unpaired) electrons. The van der Waals surface area contributed by atoms with Crippen LogP contribution >= 0.6 is 0 Å². The Labute approximate surface area is 124 Å². The first-order valence-electron chi connectivity index (χ1n) is 6.85. The summed E-state index contributed by atoms with van der Waals surface area (Å²) in [6.45, 7) is 0.374. The number of nitrogens with two attached hydrogens (primary N) is 1. The highest BCUT2D eigenvalue weighted by molar-refractivity contribution is 5.95. The lowest BCUT2D eigenvalue weighted by Crippen LogP contribution is -2.09. The van der Waals surface area contributed by atoms with Gasteiger partial charge < -0.3 is 15.2 Å². The van der Waals surface area contributed by atoms with Crippen LogP contribution in [0.3, 0.4) is 0 Å². The fourth-order valence-electron chi connectivity index (χ4n) is 2.02. The fraction of sp³-hybridized carbons (Fsp3) is 0.235. The zero-order chi connectivity index (χ0) is 15.1. The number of aryl methyl sites for hydroxylation is 1. The van der Waals surface area contributed by atoms with Gasteiger partial charge in [-0.05, 0) is 30.5 Å². The number of nitrogen functional groups attached to an aromatic ring is 1. The Morgan fingerprint density at radius 2 is 1.90 bits per heavy atom. The summed E-state index contributed by atoms with van der Waals surface area (Å²) in [5.74, 6) is 0.219. The highest BCUT2D eigenvalue weighted by Crippen LogP contribution is 2.20. The predicted molar refractivity (Wildman–Crippen MR) is 82.5 cm³/mol. The minimum atomic E-state index is -0.400. The minimum absolute atomic E-state index is 0.363. The summed E-state index contributed by atoms with van der Waals surface area (Å²) >= 11 is 0. The first-order valence-corrected chi connectivity index (χ1v) is 6.85. The van der Waals surface area contributed by atoms with Gasteiger partial charge >= 0.3 is 5.97 Å². The lowest BCUT2D eigenvalue weighted by molar-refractivity contribution is 0.0502. The number of methoxy groups -OCH3 is 1. The topological polar surface area (TPSA) is 61.5 Å². The van der Waals surface area contributed by atoms with Gasteiger partial charge in [-0.2, -0.15) is 0 Å². The van der Waals surface area contributed by atoms with Crippen molar-refractivity contribution in [2.24, 2.45) is 0 Å². The van der Waals surface area contributed by atoms with Crippen LogP contribution in [0.15, 0.2) is 48.5 Å². The second-order valence-corrected chi connectivity index (χ2v) is 4.68. The zero-order valence-electron chi connectivity index (χ0n) is 12.0. The van der Waals surface area contributed by atoms with Crippen molar-refractivity contribution >= 4 is 11.7 Å². The van der Waals surface area contributed by atoms with E-state index in [2.05, 4.69) is 12.1 Å². The Morgan fingerprint density at radius 3 is 2.57 bits per heavy atom. The molecule has 0 heterocycles. The van der Waals surface area contributed by atoms with Crippen molar-refractivity contribution in [3.8, 4) is 5.75 Å². The second-order valence-electron chi connectivity index (χ2n) is 4.68. The van der Waals surface area contributed by atoms with Crippen molar-refractivity contribution in [1.29, 1.82) is 0 Å². The first-order chi connectivity index (χ1) is 10.2. The molecule has 2 rings (SSSR count). The largest absolute Gasteiger partial charge is 0.497 e. The molecule has 0 aliphatic carbocycles. The molecule has 0 unspecified atom stereocenters. The van der Waals surface area contributed by atoms with Gasteiger partial charge in [0.05, 0.1) is 19.3 Å². The second kappa shape index (κ2) is 7.33. The summed E-state index contributed by atoms with van der Waals surface area (Å²) in [7, 11) is 1.55. The maximum Gasteiger partial charge on any atom is 0.340 e. The molecule has 4 heteroatoms. The number of anilines is 1. The Hall–Kier alpha value is -2.49. The van der Waals surface area contributed by atoms with Gasteiger partial charge in [0.2, 0.25) is 0 Å². The Bertz CT molecular complexity index is 596. The normalized spacial score (nSPS) is 10.1. The number of carbonyl (C=O) groups is 1. The van der Waals surface area contributed by atoms with E-state index in [1.165, 1.54) is 5.56 Å². The van der Waals surface area contributed by atoms with E-state index >= 15 is 0 Å². The van der Waals surface area contributed by atoms with Crippen LogP contribution in [0.5, 0.6) is 5.75 Å². The van der Waals surface area contributed by atoms with Crippen molar-refractivity contribution in [2.75, 3.05) is 19.5 Å². The molecule has 0 aromatic heterocycles. The number of benzene rings is 2. The van der Waals surface area contributed by atoms with Gasteiger partial charge in [-0.15, -0.1) is 0 Å². The summed E-state index contributed by atoms with van der Waals surface area (Å²) < 4.78 is 10.3. The predicted octanol–water partition coefficient (Wildman–Crippen LogP) is 3.07. The fourth-order valence-corrected chi connectivity index (χ4v) is 2.02. The van der Waals surface area contributed by atoms with Crippen molar-refractivity contribution in [3.05, 3.63) is 59.7 Å². The Balaban J connectivity index is 1.82. The van der Waals surface area contributed by atoms with E-state index in [-0.39, 0.29) is 0 Å². The number of hydrogen-bond acceptors (Lipinski definition) is 4. The maximum absolute atomic E-state index is 11.9. The highest BCUT2D eigenvalue weighted by atomic mass is 16.5. The molecule has 21 heavy (non-hydrogen) atoms. The van der Waals surface area contributed by atoms with Crippen molar-refractivity contribution in [1.82, 2.24) is 0 Å². The number of carbonyl (C=O) groups excluding carboxylic acids is 1. The SMILES string of the molecule is COc1ccc(C(=O)OCCCc2ccccc2)c(N)c1. The Morgan fingerprint density at radius 1 is 1.14 bits per heavy atom. The molecule has 0 aliphatic heterocycles. The smallest absolute Gasteiger partial charge is 0.340 e. The van der Waals surface area contributed by atoms with Crippen LogP contribution in [-0.4, -0.2) is 19.7 Å². The third-order valence-corrected chi connectivity index (χ3v) is 3.16. The first kappa shape index (κ1) is 14.9. The molecule has 2 N–H and O–H groups in total. The van der Waals surface area contributed by atoms with E-state index in [4.69, 9.17) is 15.2 Å². The van der Waals surface area contributed by atoms with Crippen LogP contribution in [0, 0.1) is 0 Å². The van der Waals surface area contributed by atoms with Crippen molar-refractivity contribution in [2.45, 2.75) is 12.8 Å². The molecule has 110 valence electrons. The minimum Gasteiger partial charge on any atom is -0.497 e. The van der Waals surface area contributed by atoms with E-state index in [9.17, 15) is 4.79 Å². The van der Waals surface area contributed by atoms with E-state index in [1.807, 2.05) is 18.2 Å². The lowest BCUT2D eigenvalue weighted by atomic mass is 10.1. The summed E-state index contributed by atoms with van der Waals surface area (Å²) in [5.41, 5.74) is 7.78. The molecule has 0 bridgehead atoms. The zero-order valence-corrected chi connectivity index (χ0v) is 12.0. The van der Waals surface area contributed by atoms with Crippen LogP contribution in [0.4, 0.5) is 5.69 Å². The third-order valence-electron chi connectivity index (χ3n) is 3.16. The molecule has 0 amide bonds. The average Bonchev–Trinajstić information content (AvgIpc) is 2.52. The number of hydrogen-bond donors (Lipinski definition) is 1. The van der Waals surface area contributed by atoms with Gasteiger partial charge in [-0.3, -0.25) is 0 Å². The van der Waals surface area contributed by atoms with Gasteiger partial charge in [0.25, 0.3) is 0 Å². The molecule has 2 aromatic rings. The van der Waals surface area contributed by atoms with Crippen molar-refractivity contribution in [3.63, 3.8) is 0 Å². The van der Waals surface area contributed by atoms with Gasteiger partial charge in [-0.25, -0.2) is 4.79 Å². The summed E-state index contributed by atoms with van der Waals surface area (Å²) in [4.78, 5) is 11.9. The molecular weight excluding hydrogens is 266 g/mol. The maximum atomic E-state index is 11.9. The van der Waals surface area contributed by atoms with Gasteiger partial charge in [0.1, 0.15) is 5.75 Å². The standard InChI is InChI=1S/C17H19NO3/c1-20-14-9-10-15(16(18)12-14)17(19)21-11-5-8-13-6-3-2-4-7-13/h2-4,6-7,9-10,12H,5,8,11,18H2,1H3. The van der Waals surface area contributed by atoms with Gasteiger partial charge in [0, 0.05) is 11.8 Å². The summed E-state index contributed by atoms with van der Waals surface area (Å²) in [6.07, 6.45) is 1.66. The van der Waals surface area contributed by atoms with E-state index in [0.29, 0.717) is 23.6 Å². The molecule has 0 saturated heterocycles. The van der Waals surface area contributed by atoms with Gasteiger partial charge in [0.15, 0.2) is 0 Å². The van der Waals surface area contributed by atoms with E-state index in [1.54, 1.807) is 25.3 Å². The summed E-state index contributed by atoms with van der Waals surface area (Å²) in [6, 6.07) is 15.0. The monoisotopic (exact) mass is 285 g/mol. The lowest BCUT2D eigenvalue weighted by Gasteiger charge is -2.08. The molecule has 0 fully saturated rings. The van der Waals surface area contributed by atoms with Crippen LogP contribution < -0.4 is 10.5 Å². The molecule has 0 spiro atoms. The van der Waals surface area contributed by atoms with Crippen LogP contribution in [0.2, 0.25) is 0 Å². The average molecular weight is 285 g/mol. The highest BCUT2D eigenvalue weighted by Gasteiger charge is 2.11. The number of esters is 1. The molecular formula is C17H19NO3. The molecule has 0 atom stereocenters. The van der Waals surface area contributed by atoms with Crippen molar-refractivity contribution < 1.29 is 14.3 Å². The molecule has 4 nitrogen and oxygen atoms in total. The van der Waals surface area contributed by atoms with E-state index in [0.717, 1.165) is 12.8 Å². The van der Waals surface area contributed by atoms with Crippen LogP contribution in [0.1, 0.15) is 22.3 Å². The number of ether oxygens (including phenoxy) is 2. The summed E-state index contributed by atoms with van der Waals surface area (Å²) in [5, 5.41) is 0. The van der Waals surface area contributed by atoms with E-state index < -0.39 is 5.97 Å². The quantitative estimate of drug-likeness (QED) is 0.503.